The molecule has 0 saturated heterocycles. The second-order valence-electron chi connectivity index (χ2n) is 4.41. The zero-order valence-corrected chi connectivity index (χ0v) is 11.9. The number of carboxylic acid groups (broad SMARTS) is 1. The molecule has 112 valence electrons. The Hall–Kier alpha value is -2.63. The highest BCUT2D eigenvalue weighted by Gasteiger charge is 2.32. The molecular weight excluding hydrogens is 311 g/mol. The van der Waals surface area contributed by atoms with Gasteiger partial charge in [-0.05, 0) is 34.9 Å². The summed E-state index contributed by atoms with van der Waals surface area (Å²) >= 11 is 5.81. The number of carboxylic acids is 1. The van der Waals surface area contributed by atoms with Crippen molar-refractivity contribution in [2.24, 2.45) is 5.11 Å². The summed E-state index contributed by atoms with van der Waals surface area (Å²) in [6.07, 6.45) is 2.32. The van der Waals surface area contributed by atoms with Crippen molar-refractivity contribution in [1.82, 2.24) is 4.98 Å². The van der Waals surface area contributed by atoms with E-state index < -0.39 is 23.7 Å². The molecule has 0 radical (unpaired) electrons. The number of carbonyl (C=O) groups is 1. The Morgan fingerprint density at radius 1 is 1.36 bits per heavy atom. The van der Waals surface area contributed by atoms with Gasteiger partial charge in [-0.1, -0.05) is 28.8 Å². The van der Waals surface area contributed by atoms with Crippen molar-refractivity contribution < 1.29 is 14.3 Å². The van der Waals surface area contributed by atoms with Gasteiger partial charge in [-0.2, -0.15) is 0 Å². The van der Waals surface area contributed by atoms with E-state index in [0.717, 1.165) is 6.20 Å². The van der Waals surface area contributed by atoms with Crippen LogP contribution in [0.15, 0.2) is 47.8 Å². The molecule has 0 unspecified atom stereocenters. The van der Waals surface area contributed by atoms with Crippen LogP contribution in [0.4, 0.5) is 4.39 Å². The smallest absolute Gasteiger partial charge is 0.313 e. The quantitative estimate of drug-likeness (QED) is 0.515. The predicted octanol–water partition coefficient (Wildman–Crippen LogP) is 3.77. The molecule has 2 rings (SSSR count). The van der Waals surface area contributed by atoms with Gasteiger partial charge in [0.15, 0.2) is 0 Å². The second-order valence-corrected chi connectivity index (χ2v) is 4.85. The molecule has 6 nitrogen and oxygen atoms in total. The van der Waals surface area contributed by atoms with Gasteiger partial charge in [-0.3, -0.25) is 9.78 Å². The Balaban J connectivity index is 2.63. The molecule has 1 N–H and O–H groups in total. The van der Waals surface area contributed by atoms with E-state index in [1.807, 2.05) is 0 Å². The predicted molar refractivity (Wildman–Crippen MR) is 78.1 cm³/mol. The van der Waals surface area contributed by atoms with Gasteiger partial charge in [0.1, 0.15) is 11.9 Å². The van der Waals surface area contributed by atoms with E-state index in [1.165, 1.54) is 12.3 Å². The molecule has 1 aromatic heterocycles. The number of aliphatic carboxylic acids is 1. The van der Waals surface area contributed by atoms with Gasteiger partial charge < -0.3 is 5.11 Å². The molecule has 0 amide bonds. The van der Waals surface area contributed by atoms with Crippen LogP contribution in [-0.4, -0.2) is 22.1 Å². The standard InChI is InChI=1S/C14H10ClFN4O2/c15-9-3-1-8(2-4-9)12(13(14(21)22)19-20-17)10-5-6-18-7-11(10)16/h1-7,12-13H,(H,21,22)/t12-,13-/m0/s1. The molecular formula is C14H10ClFN4O2. The van der Waals surface area contributed by atoms with E-state index in [0.29, 0.717) is 10.6 Å². The highest BCUT2D eigenvalue weighted by Crippen LogP contribution is 2.32. The lowest BCUT2D eigenvalue weighted by molar-refractivity contribution is -0.138. The van der Waals surface area contributed by atoms with E-state index in [2.05, 4.69) is 15.0 Å². The monoisotopic (exact) mass is 320 g/mol. The average Bonchev–Trinajstić information content (AvgIpc) is 2.50. The Kier molecular flexibility index (Phi) is 4.93. The first-order valence-corrected chi connectivity index (χ1v) is 6.54. The fourth-order valence-corrected chi connectivity index (χ4v) is 2.28. The molecule has 0 aliphatic carbocycles. The molecule has 8 heteroatoms. The highest BCUT2D eigenvalue weighted by molar-refractivity contribution is 6.30. The van der Waals surface area contributed by atoms with Crippen LogP contribution >= 0.6 is 11.6 Å². The topological polar surface area (TPSA) is 99.0 Å². The lowest BCUT2D eigenvalue weighted by Gasteiger charge is -2.22. The number of nitrogens with zero attached hydrogens (tertiary/aromatic N) is 4. The highest BCUT2D eigenvalue weighted by atomic mass is 35.5. The minimum absolute atomic E-state index is 0.0807. The molecule has 0 bridgehead atoms. The van der Waals surface area contributed by atoms with Gasteiger partial charge in [-0.25, -0.2) is 4.39 Å². The van der Waals surface area contributed by atoms with Crippen molar-refractivity contribution in [1.29, 1.82) is 0 Å². The largest absolute Gasteiger partial charge is 0.481 e. The molecule has 0 spiro atoms. The summed E-state index contributed by atoms with van der Waals surface area (Å²) in [7, 11) is 0. The van der Waals surface area contributed by atoms with Crippen molar-refractivity contribution >= 4 is 17.6 Å². The SMILES string of the molecule is [N-]=[N+]=N[C@H](C(=O)O)[C@@H](c1ccc(Cl)cc1)c1ccncc1F. The van der Waals surface area contributed by atoms with Crippen LogP contribution < -0.4 is 0 Å². The minimum Gasteiger partial charge on any atom is -0.481 e. The van der Waals surface area contributed by atoms with E-state index in [1.54, 1.807) is 24.3 Å². The minimum atomic E-state index is -1.50. The molecule has 1 aromatic carbocycles. The summed E-state index contributed by atoms with van der Waals surface area (Å²) in [5.74, 6) is -3.02. The zero-order valence-electron chi connectivity index (χ0n) is 11.1. The van der Waals surface area contributed by atoms with Gasteiger partial charge >= 0.3 is 5.97 Å². The normalized spacial score (nSPS) is 13.0. The molecule has 22 heavy (non-hydrogen) atoms. The maximum atomic E-state index is 14.1. The molecule has 2 atom stereocenters. The Labute approximate surface area is 129 Å². The fourth-order valence-electron chi connectivity index (χ4n) is 2.15. The number of hydrogen-bond acceptors (Lipinski definition) is 3. The number of azide groups is 1. The molecule has 2 aromatic rings. The number of halogens is 2. The third-order valence-electron chi connectivity index (χ3n) is 3.11. The molecule has 1 heterocycles. The van der Waals surface area contributed by atoms with Crippen LogP contribution in [0, 0.1) is 5.82 Å². The first-order chi connectivity index (χ1) is 10.5. The average molecular weight is 321 g/mol. The molecule has 0 saturated carbocycles. The van der Waals surface area contributed by atoms with Crippen molar-refractivity contribution in [3.63, 3.8) is 0 Å². The van der Waals surface area contributed by atoms with E-state index in [4.69, 9.17) is 17.1 Å². The zero-order chi connectivity index (χ0) is 16.1. The van der Waals surface area contributed by atoms with E-state index >= 15 is 0 Å². The van der Waals surface area contributed by atoms with E-state index in [9.17, 15) is 14.3 Å². The van der Waals surface area contributed by atoms with Crippen LogP contribution in [0.5, 0.6) is 0 Å². The van der Waals surface area contributed by atoms with Crippen molar-refractivity contribution in [2.75, 3.05) is 0 Å². The number of benzene rings is 1. The summed E-state index contributed by atoms with van der Waals surface area (Å²) in [6.45, 7) is 0. The number of aromatic nitrogens is 1. The van der Waals surface area contributed by atoms with Crippen molar-refractivity contribution in [3.05, 3.63) is 75.1 Å². The maximum absolute atomic E-state index is 14.1. The number of rotatable bonds is 5. The molecule has 0 aliphatic heterocycles. The van der Waals surface area contributed by atoms with Crippen LogP contribution in [-0.2, 0) is 4.79 Å². The number of hydrogen-bond donors (Lipinski definition) is 1. The van der Waals surface area contributed by atoms with Crippen molar-refractivity contribution in [3.8, 4) is 0 Å². The van der Waals surface area contributed by atoms with Crippen LogP contribution in [0.2, 0.25) is 5.02 Å². The van der Waals surface area contributed by atoms with Gasteiger partial charge in [0.25, 0.3) is 0 Å². The second kappa shape index (κ2) is 6.89. The Bertz CT molecular complexity index is 730. The first-order valence-electron chi connectivity index (χ1n) is 6.16. The van der Waals surface area contributed by atoms with Crippen molar-refractivity contribution in [2.45, 2.75) is 12.0 Å². The lowest BCUT2D eigenvalue weighted by Crippen LogP contribution is -2.27. The summed E-state index contributed by atoms with van der Waals surface area (Å²) in [6, 6.07) is 6.10. The number of pyridine rings is 1. The fraction of sp³-hybridized carbons (Fsp3) is 0.143. The van der Waals surface area contributed by atoms with Crippen LogP contribution in [0.3, 0.4) is 0 Å². The third-order valence-corrected chi connectivity index (χ3v) is 3.36. The third kappa shape index (κ3) is 3.33. The summed E-state index contributed by atoms with van der Waals surface area (Å²) in [5.41, 5.74) is 9.16. The van der Waals surface area contributed by atoms with Crippen LogP contribution in [0.25, 0.3) is 10.4 Å². The van der Waals surface area contributed by atoms with Gasteiger partial charge in [0.2, 0.25) is 0 Å². The Morgan fingerprint density at radius 3 is 2.59 bits per heavy atom. The summed E-state index contributed by atoms with van der Waals surface area (Å²) < 4.78 is 14.1. The maximum Gasteiger partial charge on any atom is 0.313 e. The summed E-state index contributed by atoms with van der Waals surface area (Å²) in [4.78, 5) is 17.6. The molecule has 0 aliphatic rings. The van der Waals surface area contributed by atoms with E-state index in [-0.39, 0.29) is 5.56 Å². The Morgan fingerprint density at radius 2 is 2.05 bits per heavy atom. The van der Waals surface area contributed by atoms with Gasteiger partial charge in [0, 0.05) is 22.0 Å². The van der Waals surface area contributed by atoms with Crippen LogP contribution in [0.1, 0.15) is 17.0 Å². The van der Waals surface area contributed by atoms with Gasteiger partial charge in [-0.15, -0.1) is 0 Å². The molecule has 0 fully saturated rings. The first kappa shape index (κ1) is 15.8. The summed E-state index contributed by atoms with van der Waals surface area (Å²) in [5, 5.41) is 13.1. The lowest BCUT2D eigenvalue weighted by atomic mass is 9.85. The van der Waals surface area contributed by atoms with Gasteiger partial charge in [0.05, 0.1) is 6.20 Å².